The molecular formula is C14H21N3O2. The molecule has 2 atom stereocenters. The number of hydrogen-bond donors (Lipinski definition) is 1. The topological polar surface area (TPSA) is 68.5 Å². The van der Waals surface area contributed by atoms with Crippen LogP contribution in [-0.4, -0.2) is 47.6 Å². The number of morpholine rings is 1. The fraction of sp³-hybridized carbons (Fsp3) is 0.571. The summed E-state index contributed by atoms with van der Waals surface area (Å²) in [6.07, 6.45) is 2.00. The van der Waals surface area contributed by atoms with Gasteiger partial charge in [-0.25, -0.2) is 0 Å². The van der Waals surface area contributed by atoms with Crippen molar-refractivity contribution < 1.29 is 9.53 Å². The predicted octanol–water partition coefficient (Wildman–Crippen LogP) is 0.507. The number of aromatic nitrogens is 1. The lowest BCUT2D eigenvalue weighted by molar-refractivity contribution is -0.138. The van der Waals surface area contributed by atoms with Gasteiger partial charge < -0.3 is 15.4 Å². The van der Waals surface area contributed by atoms with E-state index in [4.69, 9.17) is 10.5 Å². The van der Waals surface area contributed by atoms with E-state index in [0.717, 1.165) is 11.3 Å². The summed E-state index contributed by atoms with van der Waals surface area (Å²) in [4.78, 5) is 18.4. The third-order valence-electron chi connectivity index (χ3n) is 3.47. The molecule has 1 aliphatic rings. The number of ether oxygens (including phenoxy) is 1. The lowest BCUT2D eigenvalue weighted by Crippen LogP contribution is -2.51. The molecule has 1 aromatic heterocycles. The molecule has 2 N–H and O–H groups in total. The molecule has 0 spiro atoms. The first-order valence-corrected chi connectivity index (χ1v) is 6.63. The van der Waals surface area contributed by atoms with Crippen molar-refractivity contribution >= 4 is 5.91 Å². The van der Waals surface area contributed by atoms with Crippen molar-refractivity contribution in [1.29, 1.82) is 0 Å². The van der Waals surface area contributed by atoms with Crippen molar-refractivity contribution in [3.63, 3.8) is 0 Å². The molecule has 5 nitrogen and oxygen atoms in total. The Morgan fingerprint density at radius 3 is 3.16 bits per heavy atom. The highest BCUT2D eigenvalue weighted by atomic mass is 16.5. The van der Waals surface area contributed by atoms with Crippen LogP contribution in [0.3, 0.4) is 0 Å². The van der Waals surface area contributed by atoms with E-state index in [1.54, 1.807) is 6.20 Å². The Balaban J connectivity index is 1.98. The number of pyridine rings is 1. The van der Waals surface area contributed by atoms with Crippen LogP contribution in [0.15, 0.2) is 18.3 Å². The Morgan fingerprint density at radius 2 is 2.47 bits per heavy atom. The number of nitrogens with two attached hydrogens (primary N) is 1. The van der Waals surface area contributed by atoms with Crippen molar-refractivity contribution in [2.45, 2.75) is 32.4 Å². The highest BCUT2D eigenvalue weighted by Gasteiger charge is 2.26. The molecule has 19 heavy (non-hydrogen) atoms. The predicted molar refractivity (Wildman–Crippen MR) is 72.6 cm³/mol. The van der Waals surface area contributed by atoms with Crippen molar-refractivity contribution in [3.05, 3.63) is 29.6 Å². The van der Waals surface area contributed by atoms with Crippen LogP contribution in [0.4, 0.5) is 0 Å². The standard InChI is InChI=1S/C14H21N3O2/c1-10-4-3-5-16-12(10)8-14(18)17-6-7-19-13(9-17)11(2)15/h3-5,11,13H,6-9,15H2,1-2H3. The van der Waals surface area contributed by atoms with Gasteiger partial charge in [-0.1, -0.05) is 6.07 Å². The lowest BCUT2D eigenvalue weighted by atomic mass is 10.1. The molecule has 1 aliphatic heterocycles. The number of carbonyl (C=O) groups is 1. The summed E-state index contributed by atoms with van der Waals surface area (Å²) >= 11 is 0. The van der Waals surface area contributed by atoms with Crippen molar-refractivity contribution in [3.8, 4) is 0 Å². The van der Waals surface area contributed by atoms with Crippen LogP contribution in [0.1, 0.15) is 18.2 Å². The van der Waals surface area contributed by atoms with Gasteiger partial charge in [0.1, 0.15) is 0 Å². The van der Waals surface area contributed by atoms with E-state index in [1.165, 1.54) is 0 Å². The minimum absolute atomic E-state index is 0.0628. The van der Waals surface area contributed by atoms with Crippen molar-refractivity contribution in [2.75, 3.05) is 19.7 Å². The summed E-state index contributed by atoms with van der Waals surface area (Å²) in [7, 11) is 0. The number of hydrogen-bond acceptors (Lipinski definition) is 4. The highest BCUT2D eigenvalue weighted by Crippen LogP contribution is 2.11. The van der Waals surface area contributed by atoms with Crippen LogP contribution >= 0.6 is 0 Å². The number of nitrogens with zero attached hydrogens (tertiary/aromatic N) is 2. The Bertz CT molecular complexity index is 448. The molecule has 2 rings (SSSR count). The van der Waals surface area contributed by atoms with E-state index in [2.05, 4.69) is 4.98 Å². The van der Waals surface area contributed by atoms with Gasteiger partial charge in [0.05, 0.1) is 24.8 Å². The zero-order chi connectivity index (χ0) is 13.8. The molecular weight excluding hydrogens is 242 g/mol. The molecule has 104 valence electrons. The molecule has 2 unspecified atom stereocenters. The summed E-state index contributed by atoms with van der Waals surface area (Å²) in [5, 5.41) is 0. The normalized spacial score (nSPS) is 21.2. The van der Waals surface area contributed by atoms with Crippen LogP contribution in [0, 0.1) is 6.92 Å². The molecule has 1 fully saturated rings. The maximum Gasteiger partial charge on any atom is 0.228 e. The van der Waals surface area contributed by atoms with Crippen LogP contribution in [0.2, 0.25) is 0 Å². The molecule has 0 radical (unpaired) electrons. The minimum atomic E-state index is -0.0671. The monoisotopic (exact) mass is 263 g/mol. The molecule has 1 amide bonds. The van der Waals surface area contributed by atoms with Gasteiger partial charge >= 0.3 is 0 Å². The van der Waals surface area contributed by atoms with Crippen LogP contribution in [0.25, 0.3) is 0 Å². The van der Waals surface area contributed by atoms with Gasteiger partial charge in [-0.2, -0.15) is 0 Å². The molecule has 0 saturated carbocycles. The Kier molecular flexibility index (Phi) is 4.50. The molecule has 0 bridgehead atoms. The molecule has 1 saturated heterocycles. The maximum absolute atomic E-state index is 12.3. The van der Waals surface area contributed by atoms with E-state index < -0.39 is 0 Å². The Hall–Kier alpha value is -1.46. The van der Waals surface area contributed by atoms with Gasteiger partial charge in [0.15, 0.2) is 0 Å². The van der Waals surface area contributed by atoms with Gasteiger partial charge in [-0.3, -0.25) is 9.78 Å². The van der Waals surface area contributed by atoms with E-state index in [1.807, 2.05) is 30.9 Å². The third kappa shape index (κ3) is 3.52. The van der Waals surface area contributed by atoms with Gasteiger partial charge in [0, 0.05) is 25.3 Å². The Morgan fingerprint density at radius 1 is 1.68 bits per heavy atom. The van der Waals surface area contributed by atoms with Crippen LogP contribution in [-0.2, 0) is 16.0 Å². The van der Waals surface area contributed by atoms with E-state index in [-0.39, 0.29) is 18.1 Å². The third-order valence-corrected chi connectivity index (χ3v) is 3.47. The van der Waals surface area contributed by atoms with E-state index in [0.29, 0.717) is 26.1 Å². The summed E-state index contributed by atoms with van der Waals surface area (Å²) in [5.74, 6) is 0.0933. The van der Waals surface area contributed by atoms with E-state index in [9.17, 15) is 4.79 Å². The smallest absolute Gasteiger partial charge is 0.228 e. The zero-order valence-corrected chi connectivity index (χ0v) is 11.5. The molecule has 0 aliphatic carbocycles. The summed E-state index contributed by atoms with van der Waals surface area (Å²) in [6, 6.07) is 3.79. The van der Waals surface area contributed by atoms with Crippen LogP contribution in [0.5, 0.6) is 0 Å². The fourth-order valence-corrected chi connectivity index (χ4v) is 2.18. The number of rotatable bonds is 3. The first-order valence-electron chi connectivity index (χ1n) is 6.63. The molecule has 2 heterocycles. The SMILES string of the molecule is Cc1cccnc1CC(=O)N1CCOC(C(C)N)C1. The van der Waals surface area contributed by atoms with Gasteiger partial charge in [-0.05, 0) is 25.5 Å². The van der Waals surface area contributed by atoms with Gasteiger partial charge in [0.25, 0.3) is 0 Å². The molecule has 5 heteroatoms. The average molecular weight is 263 g/mol. The maximum atomic E-state index is 12.3. The van der Waals surface area contributed by atoms with Gasteiger partial charge in [-0.15, -0.1) is 0 Å². The fourth-order valence-electron chi connectivity index (χ4n) is 2.18. The summed E-state index contributed by atoms with van der Waals surface area (Å²) < 4.78 is 5.56. The molecule has 0 aromatic carbocycles. The second kappa shape index (κ2) is 6.12. The van der Waals surface area contributed by atoms with Crippen LogP contribution < -0.4 is 5.73 Å². The second-order valence-corrected chi connectivity index (χ2v) is 5.05. The minimum Gasteiger partial charge on any atom is -0.373 e. The van der Waals surface area contributed by atoms with Crippen molar-refractivity contribution in [2.24, 2.45) is 5.73 Å². The number of amides is 1. The first-order chi connectivity index (χ1) is 9.08. The zero-order valence-electron chi connectivity index (χ0n) is 11.5. The molecule has 1 aromatic rings. The summed E-state index contributed by atoms with van der Waals surface area (Å²) in [6.45, 7) is 5.64. The summed E-state index contributed by atoms with van der Waals surface area (Å²) in [5.41, 5.74) is 7.72. The highest BCUT2D eigenvalue weighted by molar-refractivity contribution is 5.78. The number of aryl methyl sites for hydroxylation is 1. The lowest BCUT2D eigenvalue weighted by Gasteiger charge is -2.34. The van der Waals surface area contributed by atoms with Gasteiger partial charge in [0.2, 0.25) is 5.91 Å². The van der Waals surface area contributed by atoms with E-state index >= 15 is 0 Å². The largest absolute Gasteiger partial charge is 0.373 e. The average Bonchev–Trinajstić information content (AvgIpc) is 2.41. The first kappa shape index (κ1) is 14.0. The second-order valence-electron chi connectivity index (χ2n) is 5.05. The Labute approximate surface area is 113 Å². The number of carbonyl (C=O) groups excluding carboxylic acids is 1. The van der Waals surface area contributed by atoms with Crippen molar-refractivity contribution in [1.82, 2.24) is 9.88 Å². The quantitative estimate of drug-likeness (QED) is 0.862.